The predicted octanol–water partition coefficient (Wildman–Crippen LogP) is 3.91. The fourth-order valence-electron chi connectivity index (χ4n) is 2.51. The number of hydrogen-bond acceptors (Lipinski definition) is 4. The van der Waals surface area contributed by atoms with Crippen LogP contribution in [-0.4, -0.2) is 4.98 Å². The molecule has 102 valence electrons. The lowest BCUT2D eigenvalue weighted by Crippen LogP contribution is -1.99. The Morgan fingerprint density at radius 1 is 1.00 bits per heavy atom. The van der Waals surface area contributed by atoms with Crippen LogP contribution in [0, 0.1) is 6.92 Å². The molecule has 0 saturated carbocycles. The quantitative estimate of drug-likeness (QED) is 0.529. The van der Waals surface area contributed by atoms with Crippen molar-refractivity contribution in [1.82, 2.24) is 4.98 Å². The summed E-state index contributed by atoms with van der Waals surface area (Å²) in [6, 6.07) is 13.2. The summed E-state index contributed by atoms with van der Waals surface area (Å²) < 4.78 is 10.6. The third-order valence-electron chi connectivity index (χ3n) is 3.56. The first-order valence-electron chi connectivity index (χ1n) is 6.60. The van der Waals surface area contributed by atoms with Crippen LogP contribution in [0.1, 0.15) is 5.56 Å². The van der Waals surface area contributed by atoms with Crippen molar-refractivity contribution in [3.05, 3.63) is 64.7 Å². The van der Waals surface area contributed by atoms with Gasteiger partial charge in [-0.15, -0.1) is 0 Å². The molecule has 21 heavy (non-hydrogen) atoms. The van der Waals surface area contributed by atoms with Crippen LogP contribution in [0.15, 0.2) is 62.4 Å². The molecule has 0 fully saturated rings. The van der Waals surface area contributed by atoms with Crippen molar-refractivity contribution in [3.8, 4) is 11.1 Å². The SMILES string of the molecule is Cc1coc2nc3oc(=O)cc(-c4ccccc4)c3cc12. The Morgan fingerprint density at radius 3 is 2.62 bits per heavy atom. The van der Waals surface area contributed by atoms with Crippen molar-refractivity contribution in [2.75, 3.05) is 0 Å². The average molecular weight is 277 g/mol. The second-order valence-electron chi connectivity index (χ2n) is 4.96. The highest BCUT2D eigenvalue weighted by molar-refractivity contribution is 5.98. The van der Waals surface area contributed by atoms with Crippen molar-refractivity contribution in [2.24, 2.45) is 0 Å². The zero-order chi connectivity index (χ0) is 14.4. The number of furan rings is 1. The zero-order valence-corrected chi connectivity index (χ0v) is 11.3. The van der Waals surface area contributed by atoms with Gasteiger partial charge in [-0.3, -0.25) is 0 Å². The topological polar surface area (TPSA) is 56.2 Å². The molecule has 4 rings (SSSR count). The van der Waals surface area contributed by atoms with E-state index >= 15 is 0 Å². The number of nitrogens with zero attached hydrogens (tertiary/aromatic N) is 1. The van der Waals surface area contributed by atoms with E-state index in [1.54, 1.807) is 6.26 Å². The molecular weight excluding hydrogens is 266 g/mol. The lowest BCUT2D eigenvalue weighted by Gasteiger charge is -2.05. The van der Waals surface area contributed by atoms with Crippen molar-refractivity contribution < 1.29 is 8.83 Å². The Labute approximate surface area is 119 Å². The molecule has 0 atom stereocenters. The molecule has 0 aliphatic carbocycles. The number of benzene rings is 1. The molecule has 3 aromatic heterocycles. The number of pyridine rings is 1. The van der Waals surface area contributed by atoms with E-state index in [1.165, 1.54) is 6.07 Å². The van der Waals surface area contributed by atoms with E-state index in [1.807, 2.05) is 43.3 Å². The summed E-state index contributed by atoms with van der Waals surface area (Å²) in [6.07, 6.45) is 1.65. The lowest BCUT2D eigenvalue weighted by atomic mass is 10.0. The predicted molar refractivity (Wildman–Crippen MR) is 80.2 cm³/mol. The average Bonchev–Trinajstić information content (AvgIpc) is 2.86. The van der Waals surface area contributed by atoms with Gasteiger partial charge in [-0.05, 0) is 24.1 Å². The molecule has 0 radical (unpaired) electrons. The van der Waals surface area contributed by atoms with Crippen LogP contribution < -0.4 is 5.63 Å². The zero-order valence-electron chi connectivity index (χ0n) is 11.3. The summed E-state index contributed by atoms with van der Waals surface area (Å²) in [7, 11) is 0. The van der Waals surface area contributed by atoms with E-state index in [0.717, 1.165) is 27.5 Å². The van der Waals surface area contributed by atoms with E-state index in [9.17, 15) is 4.79 Å². The third-order valence-corrected chi connectivity index (χ3v) is 3.56. The van der Waals surface area contributed by atoms with Gasteiger partial charge in [0.25, 0.3) is 0 Å². The Hall–Kier alpha value is -2.88. The Bertz CT molecular complexity index is 1010. The van der Waals surface area contributed by atoms with E-state index in [4.69, 9.17) is 8.83 Å². The summed E-state index contributed by atoms with van der Waals surface area (Å²) in [5.41, 5.74) is 3.13. The van der Waals surface area contributed by atoms with Gasteiger partial charge >= 0.3 is 5.63 Å². The van der Waals surface area contributed by atoms with Gasteiger partial charge in [0.1, 0.15) is 0 Å². The van der Waals surface area contributed by atoms with E-state index < -0.39 is 5.63 Å². The van der Waals surface area contributed by atoms with Gasteiger partial charge in [0.15, 0.2) is 0 Å². The molecule has 0 N–H and O–H groups in total. The van der Waals surface area contributed by atoms with Crippen LogP contribution in [0.5, 0.6) is 0 Å². The second-order valence-corrected chi connectivity index (χ2v) is 4.96. The normalized spacial score (nSPS) is 11.3. The van der Waals surface area contributed by atoms with Gasteiger partial charge in [0.2, 0.25) is 11.4 Å². The minimum atomic E-state index is -0.420. The van der Waals surface area contributed by atoms with E-state index in [0.29, 0.717) is 11.4 Å². The summed E-state index contributed by atoms with van der Waals surface area (Å²) >= 11 is 0. The Kier molecular flexibility index (Phi) is 2.44. The highest BCUT2D eigenvalue weighted by atomic mass is 16.4. The molecule has 0 spiro atoms. The highest BCUT2D eigenvalue weighted by Crippen LogP contribution is 2.30. The molecule has 1 aromatic carbocycles. The number of rotatable bonds is 1. The first-order chi connectivity index (χ1) is 10.2. The summed E-state index contributed by atoms with van der Waals surface area (Å²) in [6.45, 7) is 1.96. The number of aromatic nitrogens is 1. The van der Waals surface area contributed by atoms with Crippen LogP contribution in [-0.2, 0) is 0 Å². The second kappa shape index (κ2) is 4.31. The summed E-state index contributed by atoms with van der Waals surface area (Å²) in [5.74, 6) is 0. The van der Waals surface area contributed by atoms with Gasteiger partial charge in [-0.25, -0.2) is 4.79 Å². The largest absolute Gasteiger partial charge is 0.446 e. The van der Waals surface area contributed by atoms with Crippen LogP contribution >= 0.6 is 0 Å². The molecule has 0 bridgehead atoms. The van der Waals surface area contributed by atoms with Gasteiger partial charge in [-0.2, -0.15) is 4.98 Å². The maximum absolute atomic E-state index is 11.8. The monoisotopic (exact) mass is 277 g/mol. The molecule has 4 aromatic rings. The Balaban J connectivity index is 2.16. The van der Waals surface area contributed by atoms with E-state index in [-0.39, 0.29) is 0 Å². The number of aryl methyl sites for hydroxylation is 1. The molecule has 4 nitrogen and oxygen atoms in total. The Morgan fingerprint density at radius 2 is 1.81 bits per heavy atom. The minimum absolute atomic E-state index is 0.295. The van der Waals surface area contributed by atoms with Crippen molar-refractivity contribution in [1.29, 1.82) is 0 Å². The summed E-state index contributed by atoms with van der Waals surface area (Å²) in [5, 5.41) is 1.73. The van der Waals surface area contributed by atoms with Gasteiger partial charge in [0, 0.05) is 22.4 Å². The van der Waals surface area contributed by atoms with Crippen LogP contribution in [0.4, 0.5) is 0 Å². The standard InChI is InChI=1S/C17H11NO3/c1-10-9-20-16-12(10)7-14-13(11-5-3-2-4-6-11)8-15(19)21-17(14)18-16/h2-9H,1H3. The maximum atomic E-state index is 11.8. The van der Waals surface area contributed by atoms with E-state index in [2.05, 4.69) is 4.98 Å². The molecule has 0 aliphatic rings. The molecule has 4 heteroatoms. The first kappa shape index (κ1) is 11.9. The van der Waals surface area contributed by atoms with Gasteiger partial charge in [-0.1, -0.05) is 30.3 Å². The number of fused-ring (bicyclic) bond motifs is 2. The fraction of sp³-hybridized carbons (Fsp3) is 0.0588. The first-order valence-corrected chi connectivity index (χ1v) is 6.60. The van der Waals surface area contributed by atoms with Crippen LogP contribution in [0.2, 0.25) is 0 Å². The minimum Gasteiger partial charge on any atom is -0.446 e. The molecule has 0 amide bonds. The maximum Gasteiger partial charge on any atom is 0.338 e. The van der Waals surface area contributed by atoms with Crippen molar-refractivity contribution in [2.45, 2.75) is 6.92 Å². The highest BCUT2D eigenvalue weighted by Gasteiger charge is 2.13. The summed E-state index contributed by atoms with van der Waals surface area (Å²) in [4.78, 5) is 16.1. The van der Waals surface area contributed by atoms with Crippen molar-refractivity contribution >= 4 is 22.2 Å². The number of hydrogen-bond donors (Lipinski definition) is 0. The molecule has 3 heterocycles. The lowest BCUT2D eigenvalue weighted by molar-refractivity contribution is 0.544. The molecular formula is C17H11NO3. The van der Waals surface area contributed by atoms with Crippen molar-refractivity contribution in [3.63, 3.8) is 0 Å². The van der Waals surface area contributed by atoms with Gasteiger partial charge in [0.05, 0.1) is 6.26 Å². The van der Waals surface area contributed by atoms with Gasteiger partial charge < -0.3 is 8.83 Å². The fourth-order valence-corrected chi connectivity index (χ4v) is 2.51. The third kappa shape index (κ3) is 1.84. The molecule has 0 saturated heterocycles. The van der Waals surface area contributed by atoms with Crippen LogP contribution in [0.25, 0.3) is 33.3 Å². The molecule has 0 aliphatic heterocycles. The smallest absolute Gasteiger partial charge is 0.338 e. The van der Waals surface area contributed by atoms with Crippen LogP contribution in [0.3, 0.4) is 0 Å². The molecule has 0 unspecified atom stereocenters.